The van der Waals surface area contributed by atoms with Crippen LogP contribution in [-0.2, 0) is 26.6 Å². The van der Waals surface area contributed by atoms with Crippen LogP contribution in [0.3, 0.4) is 0 Å². The molecule has 0 atom stereocenters. The average Bonchev–Trinajstić information content (AvgIpc) is 3.72. The van der Waals surface area contributed by atoms with E-state index in [1.54, 1.807) is 47.8 Å². The molecule has 1 aliphatic heterocycles. The molecule has 4 aromatic rings. The van der Waals surface area contributed by atoms with Crippen molar-refractivity contribution < 1.29 is 19.1 Å². The number of rotatable bonds is 15. The highest BCUT2D eigenvalue weighted by molar-refractivity contribution is 7.98. The molecule has 5 rings (SSSR count). The number of aliphatic imine (C=N–C) groups is 1. The number of nitrogens with zero attached hydrogens (tertiary/aromatic N) is 4. The van der Waals surface area contributed by atoms with Crippen LogP contribution in [0.4, 0.5) is 11.4 Å². The molecule has 0 spiro atoms. The maximum absolute atomic E-state index is 13.7. The first-order valence-electron chi connectivity index (χ1n) is 18.3. The first kappa shape index (κ1) is 39.8. The van der Waals surface area contributed by atoms with Crippen LogP contribution in [0.2, 0.25) is 0 Å². The highest BCUT2D eigenvalue weighted by Gasteiger charge is 2.19. The first-order valence-corrected chi connectivity index (χ1v) is 19.5. The van der Waals surface area contributed by atoms with E-state index < -0.39 is 5.60 Å². The molecule has 54 heavy (non-hydrogen) atoms. The summed E-state index contributed by atoms with van der Waals surface area (Å²) >= 11 is 1.62. The minimum atomic E-state index is -0.505. The number of benzene rings is 3. The van der Waals surface area contributed by atoms with E-state index >= 15 is 0 Å². The number of carbonyl (C=O) groups is 3. The quantitative estimate of drug-likeness (QED) is 0.0413. The van der Waals surface area contributed by atoms with Crippen LogP contribution in [0.1, 0.15) is 80.4 Å². The molecule has 0 aliphatic carbocycles. The van der Waals surface area contributed by atoms with Gasteiger partial charge < -0.3 is 20.3 Å². The molecule has 2 amide bonds. The van der Waals surface area contributed by atoms with E-state index in [0.717, 1.165) is 48.4 Å². The number of thioether (sulfide) groups is 1. The molecule has 0 bridgehead atoms. The lowest BCUT2D eigenvalue weighted by Crippen LogP contribution is -2.29. The van der Waals surface area contributed by atoms with Crippen LogP contribution in [0.25, 0.3) is 11.4 Å². The standard InChI is InChI=1S/C43H50N6O4S/c1-6-33(41(51)45-29-31-14-16-35(17-15-31)49-24-11-21-46-49)27-39(44-5)37-28-36(48-22-8-7-9-23-48)18-19-38(37)47-42(52)34-13-10-12-32(26-34)30-54-25-20-40(50)53-43(2,3)4/h6,10-19,21,24,26-28H,5,7-9,20,22-23,25,29-30H2,1-4H3,(H,45,51)(H,47,52)/b33-6+,39-27-. The van der Waals surface area contributed by atoms with Crippen molar-refractivity contribution >= 4 is 53.3 Å². The Morgan fingerprint density at radius 2 is 1.72 bits per heavy atom. The van der Waals surface area contributed by atoms with Crippen molar-refractivity contribution in [3.8, 4) is 5.69 Å². The fourth-order valence-electron chi connectivity index (χ4n) is 6.05. The fourth-order valence-corrected chi connectivity index (χ4v) is 6.92. The molecule has 1 aliphatic rings. The molecular formula is C43H50N6O4S. The number of esters is 1. The smallest absolute Gasteiger partial charge is 0.307 e. The van der Waals surface area contributed by atoms with Gasteiger partial charge in [-0.1, -0.05) is 30.3 Å². The van der Waals surface area contributed by atoms with Gasteiger partial charge in [0.15, 0.2) is 0 Å². The zero-order chi connectivity index (χ0) is 38.5. The first-order chi connectivity index (χ1) is 26.0. The van der Waals surface area contributed by atoms with Crippen molar-refractivity contribution in [2.24, 2.45) is 4.99 Å². The molecule has 2 heterocycles. The van der Waals surface area contributed by atoms with Gasteiger partial charge >= 0.3 is 5.97 Å². The number of carbonyl (C=O) groups excluding carboxylic acids is 3. The van der Waals surface area contributed by atoms with Gasteiger partial charge in [-0.3, -0.25) is 19.4 Å². The largest absolute Gasteiger partial charge is 0.460 e. The maximum Gasteiger partial charge on any atom is 0.307 e. The second-order valence-corrected chi connectivity index (χ2v) is 15.2. The number of amides is 2. The second-order valence-electron chi connectivity index (χ2n) is 14.1. The molecule has 2 N–H and O–H groups in total. The van der Waals surface area contributed by atoms with E-state index in [1.807, 2.05) is 93.7 Å². The Kier molecular flexibility index (Phi) is 14.0. The summed E-state index contributed by atoms with van der Waals surface area (Å²) in [7, 11) is 0. The van der Waals surface area contributed by atoms with Crippen LogP contribution in [0.5, 0.6) is 0 Å². The molecule has 1 saturated heterocycles. The Morgan fingerprint density at radius 1 is 0.963 bits per heavy atom. The molecule has 0 saturated carbocycles. The van der Waals surface area contributed by atoms with Crippen LogP contribution in [0, 0.1) is 0 Å². The van der Waals surface area contributed by atoms with Crippen molar-refractivity contribution in [3.05, 3.63) is 125 Å². The van der Waals surface area contributed by atoms with Crippen molar-refractivity contribution in [2.75, 3.05) is 29.1 Å². The number of aromatic nitrogens is 2. The number of anilines is 2. The second kappa shape index (κ2) is 19.1. The van der Waals surface area contributed by atoms with E-state index in [-0.39, 0.29) is 17.8 Å². The maximum atomic E-state index is 13.7. The van der Waals surface area contributed by atoms with Crippen LogP contribution in [-0.4, -0.2) is 58.7 Å². The van der Waals surface area contributed by atoms with Crippen molar-refractivity contribution in [1.82, 2.24) is 15.1 Å². The van der Waals surface area contributed by atoms with Crippen LogP contribution >= 0.6 is 11.8 Å². The zero-order valence-corrected chi connectivity index (χ0v) is 32.5. The molecular weight excluding hydrogens is 697 g/mol. The molecule has 11 heteroatoms. The van der Waals surface area contributed by atoms with E-state index in [2.05, 4.69) is 32.3 Å². The molecule has 10 nitrogen and oxygen atoms in total. The van der Waals surface area contributed by atoms with Crippen molar-refractivity contribution in [3.63, 3.8) is 0 Å². The third-order valence-electron chi connectivity index (χ3n) is 8.77. The van der Waals surface area contributed by atoms with Gasteiger partial charge in [-0.25, -0.2) is 4.68 Å². The Balaban J connectivity index is 1.31. The molecule has 282 valence electrons. The van der Waals surface area contributed by atoms with Crippen molar-refractivity contribution in [1.29, 1.82) is 0 Å². The van der Waals surface area contributed by atoms with Gasteiger partial charge in [-0.2, -0.15) is 16.9 Å². The fraction of sp³-hybridized carbons (Fsp3) is 0.326. The topological polar surface area (TPSA) is 118 Å². The molecule has 0 radical (unpaired) electrons. The predicted molar refractivity (Wildman–Crippen MR) is 220 cm³/mol. The summed E-state index contributed by atoms with van der Waals surface area (Å²) < 4.78 is 7.18. The van der Waals surface area contributed by atoms with E-state index in [9.17, 15) is 14.4 Å². The van der Waals surface area contributed by atoms with Crippen LogP contribution < -0.4 is 15.5 Å². The summed E-state index contributed by atoms with van der Waals surface area (Å²) in [6, 6.07) is 23.1. The number of ether oxygens (including phenoxy) is 1. The molecule has 1 fully saturated rings. The minimum absolute atomic E-state index is 0.220. The molecule has 3 aromatic carbocycles. The summed E-state index contributed by atoms with van der Waals surface area (Å²) in [5, 5.41) is 10.4. The molecule has 0 unspecified atom stereocenters. The summed E-state index contributed by atoms with van der Waals surface area (Å²) in [5.74, 6) is 0.524. The highest BCUT2D eigenvalue weighted by Crippen LogP contribution is 2.32. The number of hydrogen-bond acceptors (Lipinski definition) is 8. The summed E-state index contributed by atoms with van der Waals surface area (Å²) in [4.78, 5) is 46.0. The SMILES string of the molecule is C=N/C(=C\C(=C/C)C(=O)NCc1ccc(-n2cccn2)cc1)c1cc(N2CCCCC2)ccc1NC(=O)c1cccc(CSCCC(=O)OC(C)(C)C)c1. The lowest BCUT2D eigenvalue weighted by atomic mass is 10.0. The monoisotopic (exact) mass is 746 g/mol. The normalized spacial score (nSPS) is 13.7. The van der Waals surface area contributed by atoms with Gasteiger partial charge in [0.25, 0.3) is 11.8 Å². The van der Waals surface area contributed by atoms with E-state index in [1.165, 1.54) is 6.42 Å². The van der Waals surface area contributed by atoms with Crippen molar-refractivity contribution in [2.45, 2.75) is 71.3 Å². The summed E-state index contributed by atoms with van der Waals surface area (Å²) in [6.45, 7) is 13.5. The van der Waals surface area contributed by atoms with Gasteiger partial charge in [-0.15, -0.1) is 0 Å². The Bertz CT molecular complexity index is 1970. The van der Waals surface area contributed by atoms with Gasteiger partial charge in [0.05, 0.1) is 23.5 Å². The third kappa shape index (κ3) is 11.5. The average molecular weight is 747 g/mol. The van der Waals surface area contributed by atoms with Gasteiger partial charge in [0.1, 0.15) is 5.60 Å². The Labute approximate surface area is 322 Å². The highest BCUT2D eigenvalue weighted by atomic mass is 32.2. The summed E-state index contributed by atoms with van der Waals surface area (Å²) in [5.41, 5.74) is 5.99. The number of hydrogen-bond donors (Lipinski definition) is 2. The minimum Gasteiger partial charge on any atom is -0.460 e. The summed E-state index contributed by atoms with van der Waals surface area (Å²) in [6.07, 6.45) is 10.8. The van der Waals surface area contributed by atoms with Gasteiger partial charge in [0.2, 0.25) is 0 Å². The Hall–Kier alpha value is -5.42. The predicted octanol–water partition coefficient (Wildman–Crippen LogP) is 8.38. The van der Waals surface area contributed by atoms with Gasteiger partial charge in [-0.05, 0) is 119 Å². The van der Waals surface area contributed by atoms with Crippen LogP contribution in [0.15, 0.2) is 108 Å². The number of nitrogens with one attached hydrogen (secondary N) is 2. The molecule has 1 aromatic heterocycles. The lowest BCUT2D eigenvalue weighted by Gasteiger charge is -2.29. The van der Waals surface area contributed by atoms with E-state index in [4.69, 9.17) is 4.74 Å². The van der Waals surface area contributed by atoms with E-state index in [0.29, 0.717) is 52.6 Å². The Morgan fingerprint density at radius 3 is 2.41 bits per heavy atom. The number of piperidine rings is 1. The number of allylic oxidation sites excluding steroid dienone is 1. The lowest BCUT2D eigenvalue weighted by molar-refractivity contribution is -0.154. The third-order valence-corrected chi connectivity index (χ3v) is 9.80. The van der Waals surface area contributed by atoms with Gasteiger partial charge in [0, 0.05) is 65.9 Å². The zero-order valence-electron chi connectivity index (χ0n) is 31.6.